The minimum Gasteiger partial charge on any atom is -0.311 e. The number of aromatic nitrogens is 3. The monoisotopic (exact) mass is 246 g/mol. The number of pyridine rings is 1. The molecule has 0 fully saturated rings. The van der Waals surface area contributed by atoms with Crippen molar-refractivity contribution in [2.24, 2.45) is 0 Å². The Hall–Kier alpha value is -1.88. The highest BCUT2D eigenvalue weighted by Gasteiger charge is 2.06. The Labute approximate surface area is 105 Å². The van der Waals surface area contributed by atoms with Crippen molar-refractivity contribution in [2.45, 2.75) is 20.4 Å². The molecule has 0 aromatic carbocycles. The fraction of sp³-hybridized carbons (Fsp3) is 0.308. The molecule has 5 heteroatoms. The Morgan fingerprint density at radius 3 is 2.78 bits per heavy atom. The first-order chi connectivity index (χ1) is 8.69. The van der Waals surface area contributed by atoms with Gasteiger partial charge in [-0.3, -0.25) is 0 Å². The summed E-state index contributed by atoms with van der Waals surface area (Å²) >= 11 is 0. The largest absolute Gasteiger partial charge is 0.311 e. The van der Waals surface area contributed by atoms with Crippen molar-refractivity contribution in [1.29, 1.82) is 0 Å². The molecule has 2 rings (SSSR count). The molecule has 0 saturated carbocycles. The van der Waals surface area contributed by atoms with Gasteiger partial charge < -0.3 is 5.32 Å². The Morgan fingerprint density at radius 2 is 2.11 bits per heavy atom. The first kappa shape index (κ1) is 12.6. The van der Waals surface area contributed by atoms with E-state index in [0.717, 1.165) is 17.9 Å². The fourth-order valence-corrected chi connectivity index (χ4v) is 1.60. The van der Waals surface area contributed by atoms with Crippen LogP contribution < -0.4 is 5.32 Å². The van der Waals surface area contributed by atoms with Gasteiger partial charge in [-0.05, 0) is 31.7 Å². The third kappa shape index (κ3) is 3.07. The first-order valence-electron chi connectivity index (χ1n) is 5.86. The smallest absolute Gasteiger partial charge is 0.178 e. The van der Waals surface area contributed by atoms with Gasteiger partial charge in [0.25, 0.3) is 0 Å². The number of nitrogens with zero attached hydrogens (tertiary/aromatic N) is 3. The molecule has 0 saturated heterocycles. The lowest BCUT2D eigenvalue weighted by atomic mass is 10.3. The summed E-state index contributed by atoms with van der Waals surface area (Å²) < 4.78 is 12.8. The van der Waals surface area contributed by atoms with E-state index < -0.39 is 0 Å². The van der Waals surface area contributed by atoms with Gasteiger partial charge in [0.2, 0.25) is 0 Å². The molecule has 0 aliphatic heterocycles. The maximum Gasteiger partial charge on any atom is 0.178 e. The van der Waals surface area contributed by atoms with Crippen molar-refractivity contribution >= 4 is 0 Å². The van der Waals surface area contributed by atoms with Crippen molar-refractivity contribution in [3.8, 4) is 11.5 Å². The molecule has 0 radical (unpaired) electrons. The minimum absolute atomic E-state index is 0.362. The highest BCUT2D eigenvalue weighted by molar-refractivity contribution is 5.48. The molecule has 1 N–H and O–H groups in total. The average Bonchev–Trinajstić information content (AvgIpc) is 2.36. The van der Waals surface area contributed by atoms with E-state index in [1.807, 2.05) is 19.9 Å². The lowest BCUT2D eigenvalue weighted by Gasteiger charge is -2.06. The predicted octanol–water partition coefficient (Wildman–Crippen LogP) is 2.10. The third-order valence-electron chi connectivity index (χ3n) is 2.42. The van der Waals surface area contributed by atoms with Crippen LogP contribution in [0.2, 0.25) is 0 Å². The third-order valence-corrected chi connectivity index (χ3v) is 2.42. The second-order valence-electron chi connectivity index (χ2n) is 3.97. The molecule has 94 valence electrons. The molecule has 2 aromatic rings. The van der Waals surface area contributed by atoms with Gasteiger partial charge >= 0.3 is 0 Å². The van der Waals surface area contributed by atoms with Gasteiger partial charge in [0.1, 0.15) is 11.5 Å². The highest BCUT2D eigenvalue weighted by atomic mass is 19.1. The normalized spacial score (nSPS) is 10.6. The van der Waals surface area contributed by atoms with Crippen molar-refractivity contribution in [3.05, 3.63) is 41.6 Å². The standard InChI is InChI=1S/C13H15FN4/c1-3-15-8-11-6-9(2)17-13(18-11)12-5-4-10(14)7-16-12/h4-7,15H,3,8H2,1-2H3. The molecule has 4 nitrogen and oxygen atoms in total. The summed E-state index contributed by atoms with van der Waals surface area (Å²) in [4.78, 5) is 12.7. The van der Waals surface area contributed by atoms with E-state index in [9.17, 15) is 4.39 Å². The van der Waals surface area contributed by atoms with Crippen LogP contribution in [0.1, 0.15) is 18.3 Å². The van der Waals surface area contributed by atoms with Crippen LogP contribution in [0, 0.1) is 12.7 Å². The second kappa shape index (κ2) is 5.64. The first-order valence-corrected chi connectivity index (χ1v) is 5.86. The second-order valence-corrected chi connectivity index (χ2v) is 3.97. The van der Waals surface area contributed by atoms with Gasteiger partial charge in [0.15, 0.2) is 5.82 Å². The Kier molecular flexibility index (Phi) is 3.94. The number of aryl methyl sites for hydroxylation is 1. The summed E-state index contributed by atoms with van der Waals surface area (Å²) in [6.45, 7) is 5.52. The Morgan fingerprint density at radius 1 is 1.28 bits per heavy atom. The van der Waals surface area contributed by atoms with Crippen LogP contribution in [0.25, 0.3) is 11.5 Å². The van der Waals surface area contributed by atoms with Crippen molar-refractivity contribution < 1.29 is 4.39 Å². The number of hydrogen-bond acceptors (Lipinski definition) is 4. The topological polar surface area (TPSA) is 50.7 Å². The summed E-state index contributed by atoms with van der Waals surface area (Å²) in [5, 5.41) is 3.21. The van der Waals surface area contributed by atoms with E-state index >= 15 is 0 Å². The van der Waals surface area contributed by atoms with E-state index in [-0.39, 0.29) is 5.82 Å². The highest BCUT2D eigenvalue weighted by Crippen LogP contribution is 2.13. The van der Waals surface area contributed by atoms with E-state index in [4.69, 9.17) is 0 Å². The lowest BCUT2D eigenvalue weighted by molar-refractivity contribution is 0.621. The molecule has 0 aliphatic rings. The van der Waals surface area contributed by atoms with Crippen molar-refractivity contribution in [1.82, 2.24) is 20.3 Å². The maximum absolute atomic E-state index is 12.8. The van der Waals surface area contributed by atoms with Gasteiger partial charge in [-0.15, -0.1) is 0 Å². The molecule has 0 unspecified atom stereocenters. The van der Waals surface area contributed by atoms with E-state index in [1.165, 1.54) is 12.3 Å². The van der Waals surface area contributed by atoms with Crippen LogP contribution in [-0.4, -0.2) is 21.5 Å². The van der Waals surface area contributed by atoms with Crippen LogP contribution in [0.4, 0.5) is 4.39 Å². The fourth-order valence-electron chi connectivity index (χ4n) is 1.60. The van der Waals surface area contributed by atoms with Crippen molar-refractivity contribution in [2.75, 3.05) is 6.54 Å². The number of rotatable bonds is 4. The van der Waals surface area contributed by atoms with Crippen molar-refractivity contribution in [3.63, 3.8) is 0 Å². The molecule has 2 heterocycles. The molecule has 0 bridgehead atoms. The van der Waals surface area contributed by atoms with Gasteiger partial charge in [-0.25, -0.2) is 19.3 Å². The summed E-state index contributed by atoms with van der Waals surface area (Å²) in [6, 6.07) is 4.87. The minimum atomic E-state index is -0.362. The van der Waals surface area contributed by atoms with Crippen LogP contribution in [0.3, 0.4) is 0 Å². The molecule has 0 spiro atoms. The SMILES string of the molecule is CCNCc1cc(C)nc(-c2ccc(F)cn2)n1. The number of hydrogen-bond donors (Lipinski definition) is 1. The molecule has 0 amide bonds. The van der Waals surface area contributed by atoms with E-state index in [0.29, 0.717) is 18.1 Å². The van der Waals surface area contributed by atoms with Gasteiger partial charge in [-0.1, -0.05) is 6.92 Å². The summed E-state index contributed by atoms with van der Waals surface area (Å²) in [7, 11) is 0. The zero-order valence-corrected chi connectivity index (χ0v) is 10.4. The maximum atomic E-state index is 12.8. The van der Waals surface area contributed by atoms with Gasteiger partial charge in [-0.2, -0.15) is 0 Å². The molecule has 18 heavy (non-hydrogen) atoms. The predicted molar refractivity (Wildman–Crippen MR) is 67.3 cm³/mol. The van der Waals surface area contributed by atoms with Crippen LogP contribution >= 0.6 is 0 Å². The number of nitrogens with one attached hydrogen (secondary N) is 1. The zero-order chi connectivity index (χ0) is 13.0. The Bertz CT molecular complexity index is 525. The molecular formula is C13H15FN4. The Balaban J connectivity index is 2.32. The summed E-state index contributed by atoms with van der Waals surface area (Å²) in [5.74, 6) is 0.169. The summed E-state index contributed by atoms with van der Waals surface area (Å²) in [6.07, 6.45) is 1.17. The van der Waals surface area contributed by atoms with Gasteiger partial charge in [0, 0.05) is 12.2 Å². The quantitative estimate of drug-likeness (QED) is 0.897. The average molecular weight is 246 g/mol. The molecule has 2 aromatic heterocycles. The van der Waals surface area contributed by atoms with Crippen LogP contribution in [0.5, 0.6) is 0 Å². The number of halogens is 1. The molecule has 0 atom stereocenters. The summed E-state index contributed by atoms with van der Waals surface area (Å²) in [5.41, 5.74) is 2.36. The van der Waals surface area contributed by atoms with E-state index in [1.54, 1.807) is 6.07 Å². The molecular weight excluding hydrogens is 231 g/mol. The van der Waals surface area contributed by atoms with Crippen LogP contribution in [0.15, 0.2) is 24.4 Å². The molecule has 0 aliphatic carbocycles. The zero-order valence-electron chi connectivity index (χ0n) is 10.4. The lowest BCUT2D eigenvalue weighted by Crippen LogP contribution is -2.13. The van der Waals surface area contributed by atoms with E-state index in [2.05, 4.69) is 20.3 Å². The van der Waals surface area contributed by atoms with Crippen LogP contribution in [-0.2, 0) is 6.54 Å². The van der Waals surface area contributed by atoms with Gasteiger partial charge in [0.05, 0.1) is 11.9 Å².